The van der Waals surface area contributed by atoms with Crippen molar-refractivity contribution in [3.63, 3.8) is 0 Å². The second-order valence-electron chi connectivity index (χ2n) is 3.35. The number of carbonyl (C=O) groups is 1. The minimum Gasteiger partial charge on any atom is -1.00 e. The van der Waals surface area contributed by atoms with Crippen molar-refractivity contribution in [1.29, 1.82) is 0 Å². The van der Waals surface area contributed by atoms with Gasteiger partial charge in [0.25, 0.3) is 5.91 Å². The fraction of sp³-hybridized carbons (Fsp3) is 0.300. The van der Waals surface area contributed by atoms with Crippen LogP contribution in [0.25, 0.3) is 0 Å². The van der Waals surface area contributed by atoms with Crippen molar-refractivity contribution in [3.8, 4) is 0 Å². The van der Waals surface area contributed by atoms with E-state index in [4.69, 9.17) is 23.2 Å². The number of amides is 1. The van der Waals surface area contributed by atoms with Crippen molar-refractivity contribution in [3.05, 3.63) is 35.9 Å². The van der Waals surface area contributed by atoms with Gasteiger partial charge in [-0.15, -0.1) is 11.6 Å². The van der Waals surface area contributed by atoms with Crippen molar-refractivity contribution in [2.75, 3.05) is 0 Å². The standard InChI is InChI=1S/C10H9Cl2NO.Ca.2H/c11-8-6-10(8,12)13-9(14)7-4-2-1-3-5-7;;;/h1-5,8H,6H2,(H,13,14);;;/q;+2;2*-1. The largest absolute Gasteiger partial charge is 2.00 e. The molecule has 1 aromatic carbocycles. The zero-order valence-electron chi connectivity index (χ0n) is 10.0. The monoisotopic (exact) mass is 271 g/mol. The Hall–Kier alpha value is 0.530. The molecule has 0 aromatic heterocycles. The fourth-order valence-corrected chi connectivity index (χ4v) is 1.80. The van der Waals surface area contributed by atoms with E-state index in [1.54, 1.807) is 24.3 Å². The average molecular weight is 272 g/mol. The summed E-state index contributed by atoms with van der Waals surface area (Å²) in [7, 11) is 0. The summed E-state index contributed by atoms with van der Waals surface area (Å²) in [6, 6.07) is 8.94. The number of alkyl halides is 2. The Morgan fingerprint density at radius 2 is 2.00 bits per heavy atom. The first-order valence-corrected chi connectivity index (χ1v) is 5.14. The summed E-state index contributed by atoms with van der Waals surface area (Å²) in [6.45, 7) is 0. The molecule has 2 atom stereocenters. The first-order valence-electron chi connectivity index (χ1n) is 4.32. The molecule has 1 N–H and O–H groups in total. The Bertz CT molecular complexity index is 369. The van der Waals surface area contributed by atoms with Gasteiger partial charge in [0.2, 0.25) is 0 Å². The number of benzene rings is 1. The molecule has 78 valence electrons. The first kappa shape index (κ1) is 13.6. The Balaban J connectivity index is 0. The second-order valence-corrected chi connectivity index (χ2v) is 4.56. The molecule has 0 radical (unpaired) electrons. The summed E-state index contributed by atoms with van der Waals surface area (Å²) in [5.74, 6) is -0.177. The molecule has 2 nitrogen and oxygen atoms in total. The summed E-state index contributed by atoms with van der Waals surface area (Å²) in [5.41, 5.74) is 0.600. The molecule has 1 fully saturated rings. The molecular weight excluding hydrogens is 261 g/mol. The molecule has 1 aliphatic carbocycles. The first-order chi connectivity index (χ1) is 6.62. The Morgan fingerprint density at radius 3 is 2.47 bits per heavy atom. The molecule has 5 heteroatoms. The Labute approximate surface area is 131 Å². The summed E-state index contributed by atoms with van der Waals surface area (Å²) >= 11 is 11.8. The third-order valence-corrected chi connectivity index (χ3v) is 3.32. The molecule has 0 aliphatic heterocycles. The predicted octanol–water partition coefficient (Wildman–Crippen LogP) is 2.21. The number of hydrogen-bond donors (Lipinski definition) is 1. The van der Waals surface area contributed by atoms with Crippen LogP contribution in [0.1, 0.15) is 19.6 Å². The van der Waals surface area contributed by atoms with Crippen LogP contribution in [-0.2, 0) is 0 Å². The molecule has 1 saturated carbocycles. The molecule has 2 rings (SSSR count). The van der Waals surface area contributed by atoms with Gasteiger partial charge in [0.15, 0.2) is 0 Å². The van der Waals surface area contributed by atoms with Crippen LogP contribution in [0.3, 0.4) is 0 Å². The molecule has 1 amide bonds. The Morgan fingerprint density at radius 1 is 1.47 bits per heavy atom. The summed E-state index contributed by atoms with van der Waals surface area (Å²) < 4.78 is 0. The van der Waals surface area contributed by atoms with Crippen molar-refractivity contribution in [2.45, 2.75) is 16.8 Å². The van der Waals surface area contributed by atoms with Gasteiger partial charge in [0, 0.05) is 12.0 Å². The van der Waals surface area contributed by atoms with Gasteiger partial charge in [-0.3, -0.25) is 4.79 Å². The third kappa shape index (κ3) is 3.24. The van der Waals surface area contributed by atoms with Gasteiger partial charge in [0.05, 0.1) is 5.38 Å². The average Bonchev–Trinajstić information content (AvgIpc) is 2.75. The number of nitrogens with one attached hydrogen (secondary N) is 1. The maximum absolute atomic E-state index is 11.6. The van der Waals surface area contributed by atoms with Gasteiger partial charge in [0.1, 0.15) is 5.00 Å². The SMILES string of the molecule is O=C(NC1(Cl)CC1Cl)c1ccccc1.[Ca+2].[H-].[H-]. The molecule has 2 unspecified atom stereocenters. The molecule has 0 spiro atoms. The van der Waals surface area contributed by atoms with Gasteiger partial charge >= 0.3 is 37.7 Å². The van der Waals surface area contributed by atoms with Gasteiger partial charge < -0.3 is 8.17 Å². The van der Waals surface area contributed by atoms with E-state index in [0.29, 0.717) is 12.0 Å². The van der Waals surface area contributed by atoms with E-state index < -0.39 is 5.00 Å². The number of hydrogen-bond acceptors (Lipinski definition) is 1. The van der Waals surface area contributed by atoms with Crippen molar-refractivity contribution in [2.24, 2.45) is 0 Å². The van der Waals surface area contributed by atoms with E-state index >= 15 is 0 Å². The van der Waals surface area contributed by atoms with E-state index in [0.717, 1.165) is 0 Å². The molecular formula is C10H11CaCl2NO. The van der Waals surface area contributed by atoms with Crippen LogP contribution in [0.2, 0.25) is 0 Å². The molecule has 0 bridgehead atoms. The number of rotatable bonds is 2. The smallest absolute Gasteiger partial charge is 1.00 e. The van der Waals surface area contributed by atoms with Crippen LogP contribution in [0, 0.1) is 0 Å². The fourth-order valence-electron chi connectivity index (χ4n) is 1.18. The normalized spacial score (nSPS) is 27.7. The maximum atomic E-state index is 11.6. The minimum atomic E-state index is -0.728. The minimum absolute atomic E-state index is 0. The maximum Gasteiger partial charge on any atom is 2.00 e. The van der Waals surface area contributed by atoms with Gasteiger partial charge in [-0.05, 0) is 12.1 Å². The van der Waals surface area contributed by atoms with Crippen LogP contribution in [-0.4, -0.2) is 54.0 Å². The number of carbonyl (C=O) groups excluding carboxylic acids is 1. The van der Waals surface area contributed by atoms with Crippen molar-refractivity contribution < 1.29 is 7.65 Å². The van der Waals surface area contributed by atoms with Crippen LogP contribution < -0.4 is 5.32 Å². The van der Waals surface area contributed by atoms with E-state index in [1.165, 1.54) is 0 Å². The van der Waals surface area contributed by atoms with Gasteiger partial charge in [-0.2, -0.15) is 0 Å². The molecule has 0 heterocycles. The third-order valence-electron chi connectivity index (χ3n) is 2.17. The number of halogens is 2. The van der Waals surface area contributed by atoms with Crippen LogP contribution in [0.4, 0.5) is 0 Å². The van der Waals surface area contributed by atoms with Crippen LogP contribution in [0.15, 0.2) is 30.3 Å². The van der Waals surface area contributed by atoms with Crippen molar-refractivity contribution in [1.82, 2.24) is 5.32 Å². The van der Waals surface area contributed by atoms with Crippen LogP contribution in [0.5, 0.6) is 0 Å². The van der Waals surface area contributed by atoms with Gasteiger partial charge in [-0.25, -0.2) is 0 Å². The van der Waals surface area contributed by atoms with E-state index in [2.05, 4.69) is 5.32 Å². The van der Waals surface area contributed by atoms with E-state index in [9.17, 15) is 4.79 Å². The topological polar surface area (TPSA) is 29.1 Å². The molecule has 1 aliphatic rings. The molecule has 15 heavy (non-hydrogen) atoms. The molecule has 0 saturated heterocycles. The predicted molar refractivity (Wildman–Crippen MR) is 64.7 cm³/mol. The molecule has 1 aromatic rings. The quantitative estimate of drug-likeness (QED) is 0.499. The second kappa shape index (κ2) is 5.24. The van der Waals surface area contributed by atoms with Gasteiger partial charge in [-0.1, -0.05) is 29.8 Å². The van der Waals surface area contributed by atoms with Crippen LogP contribution >= 0.6 is 23.2 Å². The van der Waals surface area contributed by atoms with Crippen molar-refractivity contribution >= 4 is 66.8 Å². The summed E-state index contributed by atoms with van der Waals surface area (Å²) in [4.78, 5) is 10.9. The summed E-state index contributed by atoms with van der Waals surface area (Å²) in [5, 5.41) is 2.54. The Kier molecular flexibility index (Phi) is 4.75. The zero-order chi connectivity index (χ0) is 10.2. The summed E-state index contributed by atoms with van der Waals surface area (Å²) in [6.07, 6.45) is 0.620. The van der Waals surface area contributed by atoms with E-state index in [1.807, 2.05) is 6.07 Å². The zero-order valence-corrected chi connectivity index (χ0v) is 11.8. The van der Waals surface area contributed by atoms with E-state index in [-0.39, 0.29) is 51.9 Å².